The van der Waals surface area contributed by atoms with Crippen LogP contribution >= 0.6 is 0 Å². The maximum atomic E-state index is 12.0. The molecule has 0 aliphatic heterocycles. The summed E-state index contributed by atoms with van der Waals surface area (Å²) in [4.78, 5) is 13.7. The van der Waals surface area contributed by atoms with Gasteiger partial charge in [-0.2, -0.15) is 5.26 Å². The average Bonchev–Trinajstić information content (AvgIpc) is 2.40. The second-order valence-corrected chi connectivity index (χ2v) is 4.04. The van der Waals surface area contributed by atoms with Crippen LogP contribution in [0.25, 0.3) is 0 Å². The molecule has 0 heterocycles. The van der Waals surface area contributed by atoms with Crippen molar-refractivity contribution in [2.75, 3.05) is 19.7 Å². The zero-order valence-corrected chi connectivity index (χ0v) is 10.6. The third kappa shape index (κ3) is 4.19. The lowest BCUT2D eigenvalue weighted by atomic mass is 10.1. The standard InChI is InChI=1S/C14H18N2O2/c1-2-16(8-3-9-17)14(18)10-12-4-6-13(11-15)7-5-12/h4-7,17H,2-3,8-10H2,1H3. The van der Waals surface area contributed by atoms with E-state index in [0.29, 0.717) is 31.5 Å². The highest BCUT2D eigenvalue weighted by Gasteiger charge is 2.11. The number of amides is 1. The molecule has 0 aromatic heterocycles. The van der Waals surface area contributed by atoms with Gasteiger partial charge in [0.1, 0.15) is 0 Å². The van der Waals surface area contributed by atoms with Gasteiger partial charge in [0.25, 0.3) is 0 Å². The first kappa shape index (κ1) is 14.2. The lowest BCUT2D eigenvalue weighted by Crippen LogP contribution is -2.33. The van der Waals surface area contributed by atoms with Gasteiger partial charge in [-0.05, 0) is 31.0 Å². The van der Waals surface area contributed by atoms with E-state index in [1.807, 2.05) is 13.0 Å². The van der Waals surface area contributed by atoms with Crippen molar-refractivity contribution in [1.82, 2.24) is 4.90 Å². The lowest BCUT2D eigenvalue weighted by Gasteiger charge is -2.20. The third-order valence-corrected chi connectivity index (χ3v) is 2.76. The van der Waals surface area contributed by atoms with E-state index in [1.54, 1.807) is 29.2 Å². The topological polar surface area (TPSA) is 64.3 Å². The van der Waals surface area contributed by atoms with Crippen molar-refractivity contribution in [2.45, 2.75) is 19.8 Å². The first-order chi connectivity index (χ1) is 8.71. The third-order valence-electron chi connectivity index (χ3n) is 2.76. The number of hydrogen-bond donors (Lipinski definition) is 1. The number of rotatable bonds is 6. The molecule has 0 bridgehead atoms. The summed E-state index contributed by atoms with van der Waals surface area (Å²) in [6.07, 6.45) is 0.942. The van der Waals surface area contributed by atoms with Crippen LogP contribution in [0.4, 0.5) is 0 Å². The first-order valence-corrected chi connectivity index (χ1v) is 6.09. The fourth-order valence-corrected chi connectivity index (χ4v) is 1.70. The molecular weight excluding hydrogens is 228 g/mol. The molecule has 0 spiro atoms. The monoisotopic (exact) mass is 246 g/mol. The van der Waals surface area contributed by atoms with Crippen LogP contribution in [0.3, 0.4) is 0 Å². The first-order valence-electron chi connectivity index (χ1n) is 6.09. The molecule has 0 fully saturated rings. The highest BCUT2D eigenvalue weighted by Crippen LogP contribution is 2.06. The zero-order chi connectivity index (χ0) is 13.4. The molecule has 1 aromatic carbocycles. The highest BCUT2D eigenvalue weighted by atomic mass is 16.3. The largest absolute Gasteiger partial charge is 0.396 e. The van der Waals surface area contributed by atoms with Gasteiger partial charge in [-0.25, -0.2) is 0 Å². The van der Waals surface area contributed by atoms with Gasteiger partial charge >= 0.3 is 0 Å². The number of carbonyl (C=O) groups is 1. The lowest BCUT2D eigenvalue weighted by molar-refractivity contribution is -0.130. The molecule has 18 heavy (non-hydrogen) atoms. The second-order valence-electron chi connectivity index (χ2n) is 4.04. The Morgan fingerprint density at radius 3 is 2.56 bits per heavy atom. The molecule has 1 amide bonds. The Balaban J connectivity index is 2.59. The van der Waals surface area contributed by atoms with Gasteiger partial charge < -0.3 is 10.0 Å². The Morgan fingerprint density at radius 2 is 2.06 bits per heavy atom. The van der Waals surface area contributed by atoms with Crippen LogP contribution in [0.5, 0.6) is 0 Å². The molecule has 0 saturated carbocycles. The summed E-state index contributed by atoms with van der Waals surface area (Å²) < 4.78 is 0. The minimum atomic E-state index is 0.0515. The molecule has 1 rings (SSSR count). The minimum absolute atomic E-state index is 0.0515. The summed E-state index contributed by atoms with van der Waals surface area (Å²) in [5.41, 5.74) is 1.50. The van der Waals surface area contributed by atoms with E-state index in [2.05, 4.69) is 0 Å². The Kier molecular flexibility index (Phi) is 5.89. The summed E-state index contributed by atoms with van der Waals surface area (Å²) in [6.45, 7) is 3.26. The number of nitriles is 1. The quantitative estimate of drug-likeness (QED) is 0.823. The molecular formula is C14H18N2O2. The van der Waals surface area contributed by atoms with E-state index in [1.165, 1.54) is 0 Å². The van der Waals surface area contributed by atoms with Crippen molar-refractivity contribution in [3.63, 3.8) is 0 Å². The number of likely N-dealkylation sites (N-methyl/N-ethyl adjacent to an activating group) is 1. The van der Waals surface area contributed by atoms with Crippen LogP contribution in [0.15, 0.2) is 24.3 Å². The van der Waals surface area contributed by atoms with Gasteiger partial charge in [0.2, 0.25) is 5.91 Å². The maximum absolute atomic E-state index is 12.0. The van der Waals surface area contributed by atoms with Gasteiger partial charge in [-0.1, -0.05) is 12.1 Å². The van der Waals surface area contributed by atoms with E-state index in [-0.39, 0.29) is 12.5 Å². The molecule has 4 nitrogen and oxygen atoms in total. The van der Waals surface area contributed by atoms with E-state index in [4.69, 9.17) is 10.4 Å². The van der Waals surface area contributed by atoms with E-state index in [0.717, 1.165) is 5.56 Å². The molecule has 0 aliphatic carbocycles. The van der Waals surface area contributed by atoms with Crippen LogP contribution in [0, 0.1) is 11.3 Å². The summed E-state index contributed by atoms with van der Waals surface area (Å²) in [7, 11) is 0. The summed E-state index contributed by atoms with van der Waals surface area (Å²) in [5, 5.41) is 17.5. The smallest absolute Gasteiger partial charge is 0.226 e. The predicted octanol–water partition coefficient (Wildman–Crippen LogP) is 1.33. The van der Waals surface area contributed by atoms with Gasteiger partial charge in [0, 0.05) is 19.7 Å². The molecule has 4 heteroatoms. The van der Waals surface area contributed by atoms with Crippen LogP contribution < -0.4 is 0 Å². The molecule has 1 N–H and O–H groups in total. The van der Waals surface area contributed by atoms with E-state index >= 15 is 0 Å². The summed E-state index contributed by atoms with van der Waals surface area (Å²) in [6, 6.07) is 9.08. The molecule has 0 saturated heterocycles. The summed E-state index contributed by atoms with van der Waals surface area (Å²) >= 11 is 0. The van der Waals surface area contributed by atoms with E-state index < -0.39 is 0 Å². The van der Waals surface area contributed by atoms with Crippen molar-refractivity contribution in [2.24, 2.45) is 0 Å². The predicted molar refractivity (Wildman–Crippen MR) is 68.8 cm³/mol. The Hall–Kier alpha value is -1.86. The average molecular weight is 246 g/mol. The second kappa shape index (κ2) is 7.46. The van der Waals surface area contributed by atoms with Crippen LogP contribution in [0.1, 0.15) is 24.5 Å². The number of benzene rings is 1. The molecule has 96 valence electrons. The maximum Gasteiger partial charge on any atom is 0.226 e. The Labute approximate surface area is 107 Å². The Bertz CT molecular complexity index is 420. The van der Waals surface area contributed by atoms with Crippen molar-refractivity contribution < 1.29 is 9.90 Å². The van der Waals surface area contributed by atoms with Gasteiger partial charge in [-0.3, -0.25) is 4.79 Å². The van der Waals surface area contributed by atoms with Crippen LogP contribution in [-0.4, -0.2) is 35.6 Å². The number of nitrogens with zero attached hydrogens (tertiary/aromatic N) is 2. The zero-order valence-electron chi connectivity index (χ0n) is 10.6. The van der Waals surface area contributed by atoms with Crippen molar-refractivity contribution in [3.05, 3.63) is 35.4 Å². The van der Waals surface area contributed by atoms with Crippen LogP contribution in [0.2, 0.25) is 0 Å². The minimum Gasteiger partial charge on any atom is -0.396 e. The molecule has 0 unspecified atom stereocenters. The van der Waals surface area contributed by atoms with Crippen LogP contribution in [-0.2, 0) is 11.2 Å². The number of aliphatic hydroxyl groups is 1. The normalized spacial score (nSPS) is 9.83. The number of hydrogen-bond acceptors (Lipinski definition) is 3. The Morgan fingerprint density at radius 1 is 1.39 bits per heavy atom. The van der Waals surface area contributed by atoms with Crippen molar-refractivity contribution >= 4 is 5.91 Å². The fourth-order valence-electron chi connectivity index (χ4n) is 1.70. The number of aliphatic hydroxyl groups excluding tert-OH is 1. The molecule has 0 atom stereocenters. The fraction of sp³-hybridized carbons (Fsp3) is 0.429. The van der Waals surface area contributed by atoms with Crippen molar-refractivity contribution in [1.29, 1.82) is 5.26 Å². The molecule has 0 radical (unpaired) electrons. The van der Waals surface area contributed by atoms with E-state index in [9.17, 15) is 4.79 Å². The highest BCUT2D eigenvalue weighted by molar-refractivity contribution is 5.78. The van der Waals surface area contributed by atoms with Crippen molar-refractivity contribution in [3.8, 4) is 6.07 Å². The van der Waals surface area contributed by atoms with Gasteiger partial charge in [-0.15, -0.1) is 0 Å². The number of carbonyl (C=O) groups excluding carboxylic acids is 1. The molecule has 0 aliphatic rings. The SMILES string of the molecule is CCN(CCCO)C(=O)Cc1ccc(C#N)cc1. The summed E-state index contributed by atoms with van der Waals surface area (Å²) in [5.74, 6) is 0.0515. The molecule has 1 aromatic rings. The van der Waals surface area contributed by atoms with Gasteiger partial charge in [0.15, 0.2) is 0 Å². The van der Waals surface area contributed by atoms with Gasteiger partial charge in [0.05, 0.1) is 18.1 Å².